The molecule has 0 saturated carbocycles. The maximum absolute atomic E-state index is 12.6. The zero-order chi connectivity index (χ0) is 19.1. The van der Waals surface area contributed by atoms with E-state index in [1.165, 1.54) is 0 Å². The number of halogens is 1. The van der Waals surface area contributed by atoms with Crippen LogP contribution in [-0.4, -0.2) is 24.4 Å². The highest BCUT2D eigenvalue weighted by molar-refractivity contribution is 7.92. The van der Waals surface area contributed by atoms with Gasteiger partial charge < -0.3 is 15.8 Å². The predicted octanol–water partition coefficient (Wildman–Crippen LogP) is 2.99. The molecule has 7 nitrogen and oxygen atoms in total. The summed E-state index contributed by atoms with van der Waals surface area (Å²) in [5.41, 5.74) is 6.95. The molecule has 0 spiro atoms. The minimum absolute atomic E-state index is 0.282. The fourth-order valence-corrected chi connectivity index (χ4v) is 3.96. The SMILES string of the molecule is CCc1cc2ccc(NS(=O)(=O)c3cc(Cl)c(O)c(C(N)=O)c3)cc2[nH]1. The summed E-state index contributed by atoms with van der Waals surface area (Å²) < 4.78 is 27.7. The van der Waals surface area contributed by atoms with Gasteiger partial charge in [0.2, 0.25) is 0 Å². The Balaban J connectivity index is 2.00. The van der Waals surface area contributed by atoms with Gasteiger partial charge in [-0.1, -0.05) is 24.6 Å². The van der Waals surface area contributed by atoms with Gasteiger partial charge in [0.05, 0.1) is 21.2 Å². The van der Waals surface area contributed by atoms with Crippen LogP contribution in [0.3, 0.4) is 0 Å². The molecule has 136 valence electrons. The van der Waals surface area contributed by atoms with E-state index in [1.807, 2.05) is 13.0 Å². The van der Waals surface area contributed by atoms with Crippen LogP contribution in [0.1, 0.15) is 23.0 Å². The van der Waals surface area contributed by atoms with Gasteiger partial charge >= 0.3 is 0 Å². The number of benzene rings is 2. The van der Waals surface area contributed by atoms with E-state index in [2.05, 4.69) is 9.71 Å². The molecule has 0 aliphatic heterocycles. The first-order chi connectivity index (χ1) is 12.2. The van der Waals surface area contributed by atoms with E-state index in [0.29, 0.717) is 5.69 Å². The zero-order valence-electron chi connectivity index (χ0n) is 13.7. The first kappa shape index (κ1) is 18.1. The molecule has 2 aromatic carbocycles. The second kappa shape index (κ2) is 6.54. The summed E-state index contributed by atoms with van der Waals surface area (Å²) in [6, 6.07) is 9.11. The smallest absolute Gasteiger partial charge is 0.261 e. The molecule has 0 aliphatic carbocycles. The van der Waals surface area contributed by atoms with E-state index in [4.69, 9.17) is 17.3 Å². The molecule has 0 bridgehead atoms. The fourth-order valence-electron chi connectivity index (χ4n) is 2.57. The van der Waals surface area contributed by atoms with Crippen LogP contribution < -0.4 is 10.5 Å². The summed E-state index contributed by atoms with van der Waals surface area (Å²) in [5, 5.41) is 10.4. The number of nitrogens with two attached hydrogens (primary N) is 1. The van der Waals surface area contributed by atoms with Crippen molar-refractivity contribution in [3.8, 4) is 5.75 Å². The number of phenols is 1. The van der Waals surface area contributed by atoms with Crippen molar-refractivity contribution in [1.82, 2.24) is 4.98 Å². The third kappa shape index (κ3) is 3.33. The molecule has 0 radical (unpaired) electrons. The number of aromatic amines is 1. The molecule has 0 unspecified atom stereocenters. The van der Waals surface area contributed by atoms with Crippen LogP contribution in [0.4, 0.5) is 5.69 Å². The van der Waals surface area contributed by atoms with Crippen molar-refractivity contribution < 1.29 is 18.3 Å². The first-order valence-electron chi connectivity index (χ1n) is 7.68. The molecule has 0 fully saturated rings. The Labute approximate surface area is 154 Å². The molecule has 26 heavy (non-hydrogen) atoms. The van der Waals surface area contributed by atoms with Crippen molar-refractivity contribution in [2.24, 2.45) is 5.73 Å². The highest BCUT2D eigenvalue weighted by atomic mass is 35.5. The van der Waals surface area contributed by atoms with Crippen LogP contribution >= 0.6 is 11.6 Å². The molecular weight excluding hydrogens is 378 g/mol. The number of hydrogen-bond donors (Lipinski definition) is 4. The number of rotatable bonds is 5. The number of primary amides is 1. The number of aryl methyl sites for hydroxylation is 1. The summed E-state index contributed by atoms with van der Waals surface area (Å²) in [6.07, 6.45) is 0.831. The van der Waals surface area contributed by atoms with Crippen LogP contribution in [0, 0.1) is 0 Å². The average molecular weight is 394 g/mol. The number of sulfonamides is 1. The third-order valence-electron chi connectivity index (χ3n) is 3.92. The molecule has 1 aromatic heterocycles. The summed E-state index contributed by atoms with van der Waals surface area (Å²) in [5.74, 6) is -1.54. The standard InChI is InChI=1S/C17H16ClN3O4S/c1-2-10-5-9-3-4-11(6-15(9)20-10)21-26(24,25)12-7-13(17(19)23)16(22)14(18)8-12/h3-8,20-22H,2H2,1H3,(H2,19,23). The molecular formula is C17H16ClN3O4S. The maximum Gasteiger partial charge on any atom is 0.261 e. The number of carbonyl (C=O) groups excluding carboxylic acids is 1. The Kier molecular flexibility index (Phi) is 4.55. The summed E-state index contributed by atoms with van der Waals surface area (Å²) in [4.78, 5) is 14.3. The molecule has 1 heterocycles. The van der Waals surface area contributed by atoms with Crippen molar-refractivity contribution in [3.63, 3.8) is 0 Å². The molecule has 3 aromatic rings. The van der Waals surface area contributed by atoms with Crippen LogP contribution in [0.15, 0.2) is 41.3 Å². The Morgan fingerprint density at radius 3 is 2.65 bits per heavy atom. The second-order valence-corrected chi connectivity index (χ2v) is 7.81. The van der Waals surface area contributed by atoms with Gasteiger partial charge in [0.15, 0.2) is 0 Å². The van der Waals surface area contributed by atoms with Gasteiger partial charge in [-0.2, -0.15) is 0 Å². The van der Waals surface area contributed by atoms with E-state index >= 15 is 0 Å². The quantitative estimate of drug-likeness (QED) is 0.531. The number of aromatic hydroxyl groups is 1. The largest absolute Gasteiger partial charge is 0.506 e. The molecule has 0 aliphatic rings. The topological polar surface area (TPSA) is 125 Å². The summed E-state index contributed by atoms with van der Waals surface area (Å²) in [6.45, 7) is 2.01. The predicted molar refractivity (Wildman–Crippen MR) is 100 cm³/mol. The van der Waals surface area contributed by atoms with Gasteiger partial charge in [0.1, 0.15) is 5.75 Å². The Morgan fingerprint density at radius 2 is 2.00 bits per heavy atom. The van der Waals surface area contributed by atoms with Gasteiger partial charge in [-0.15, -0.1) is 0 Å². The van der Waals surface area contributed by atoms with Gasteiger partial charge in [-0.3, -0.25) is 9.52 Å². The molecule has 9 heteroatoms. The number of anilines is 1. The van der Waals surface area contributed by atoms with Crippen LogP contribution in [0.25, 0.3) is 10.9 Å². The average Bonchev–Trinajstić information content (AvgIpc) is 2.98. The minimum atomic E-state index is -4.04. The number of nitrogens with one attached hydrogen (secondary N) is 2. The summed E-state index contributed by atoms with van der Waals surface area (Å²) >= 11 is 5.81. The van der Waals surface area contributed by atoms with Crippen molar-refractivity contribution in [3.05, 3.63) is 52.7 Å². The monoisotopic (exact) mass is 393 g/mol. The highest BCUT2D eigenvalue weighted by Gasteiger charge is 2.21. The van der Waals surface area contributed by atoms with E-state index in [1.54, 1.807) is 18.2 Å². The second-order valence-electron chi connectivity index (χ2n) is 5.72. The number of H-pyrrole nitrogens is 1. The Hall–Kier alpha value is -2.71. The number of fused-ring (bicyclic) bond motifs is 1. The van der Waals surface area contributed by atoms with Gasteiger partial charge in [0, 0.05) is 11.2 Å². The normalized spacial score (nSPS) is 11.6. The van der Waals surface area contributed by atoms with Crippen molar-refractivity contribution in [2.75, 3.05) is 4.72 Å². The maximum atomic E-state index is 12.6. The van der Waals surface area contributed by atoms with Gasteiger partial charge in [0.25, 0.3) is 15.9 Å². The van der Waals surface area contributed by atoms with Crippen LogP contribution in [0.5, 0.6) is 5.75 Å². The number of aromatic nitrogens is 1. The first-order valence-corrected chi connectivity index (χ1v) is 9.54. The molecule has 0 atom stereocenters. The van der Waals surface area contributed by atoms with Crippen LogP contribution in [-0.2, 0) is 16.4 Å². The lowest BCUT2D eigenvalue weighted by molar-refractivity contribution is 0.0997. The number of amides is 1. The van der Waals surface area contributed by atoms with Crippen molar-refractivity contribution >= 4 is 44.1 Å². The number of carbonyl (C=O) groups is 1. The van der Waals surface area contributed by atoms with Crippen LogP contribution in [0.2, 0.25) is 5.02 Å². The van der Waals surface area contributed by atoms with Gasteiger partial charge in [-0.25, -0.2) is 8.42 Å². The van der Waals surface area contributed by atoms with Gasteiger partial charge in [-0.05, 0) is 42.1 Å². The fraction of sp³-hybridized carbons (Fsp3) is 0.118. The van der Waals surface area contributed by atoms with E-state index in [9.17, 15) is 18.3 Å². The number of hydrogen-bond acceptors (Lipinski definition) is 4. The zero-order valence-corrected chi connectivity index (χ0v) is 15.3. The third-order valence-corrected chi connectivity index (χ3v) is 5.57. The summed E-state index contributed by atoms with van der Waals surface area (Å²) in [7, 11) is -4.04. The molecule has 1 amide bonds. The minimum Gasteiger partial charge on any atom is -0.506 e. The van der Waals surface area contributed by atoms with Crippen molar-refractivity contribution in [1.29, 1.82) is 0 Å². The Bertz CT molecular complexity index is 1120. The molecule has 5 N–H and O–H groups in total. The van der Waals surface area contributed by atoms with E-state index in [-0.39, 0.29) is 15.5 Å². The lowest BCUT2D eigenvalue weighted by Gasteiger charge is -2.11. The lowest BCUT2D eigenvalue weighted by atomic mass is 10.2. The van der Waals surface area contributed by atoms with E-state index in [0.717, 1.165) is 35.2 Å². The Morgan fingerprint density at radius 1 is 1.27 bits per heavy atom. The highest BCUT2D eigenvalue weighted by Crippen LogP contribution is 2.31. The lowest BCUT2D eigenvalue weighted by Crippen LogP contribution is -2.16. The molecule has 3 rings (SSSR count). The van der Waals surface area contributed by atoms with E-state index < -0.39 is 21.7 Å². The molecule has 0 saturated heterocycles. The van der Waals surface area contributed by atoms with Crippen molar-refractivity contribution in [2.45, 2.75) is 18.2 Å².